The molecule has 0 fully saturated rings. The molecule has 0 amide bonds. The molecule has 0 saturated carbocycles. The Kier molecular flexibility index (Phi) is 5.46. The highest BCUT2D eigenvalue weighted by Crippen LogP contribution is 2.25. The van der Waals surface area contributed by atoms with Crippen LogP contribution >= 0.6 is 11.3 Å². The predicted octanol–water partition coefficient (Wildman–Crippen LogP) is 4.75. The summed E-state index contributed by atoms with van der Waals surface area (Å²) in [7, 11) is -3.70. The molecule has 0 spiro atoms. The van der Waals surface area contributed by atoms with Gasteiger partial charge in [-0.05, 0) is 47.2 Å². The van der Waals surface area contributed by atoms with Crippen molar-refractivity contribution in [2.24, 2.45) is 0 Å². The Bertz CT molecular complexity index is 1200. The van der Waals surface area contributed by atoms with Gasteiger partial charge in [-0.15, -0.1) is 11.3 Å². The van der Waals surface area contributed by atoms with E-state index in [-0.39, 0.29) is 4.90 Å². The van der Waals surface area contributed by atoms with Crippen LogP contribution in [0.15, 0.2) is 75.5 Å². The standard InChI is InChI=1S/C21H19N3O3S2/c1-2-15-9-11-17(12-10-15)29(25,26)24-18-7-4-3-6-16(18)14-20-22-21(23-27-20)19-8-5-13-28-19/h3-13,24H,2,14H2,1H3. The lowest BCUT2D eigenvalue weighted by Gasteiger charge is -2.12. The minimum Gasteiger partial charge on any atom is -0.339 e. The molecule has 1 N–H and O–H groups in total. The van der Waals surface area contributed by atoms with Gasteiger partial charge in [0.15, 0.2) is 0 Å². The van der Waals surface area contributed by atoms with Gasteiger partial charge in [-0.3, -0.25) is 4.72 Å². The Hall–Kier alpha value is -2.97. The Labute approximate surface area is 173 Å². The van der Waals surface area contributed by atoms with Crippen LogP contribution in [0.3, 0.4) is 0 Å². The second kappa shape index (κ2) is 8.18. The minimum absolute atomic E-state index is 0.224. The van der Waals surface area contributed by atoms with Crippen molar-refractivity contribution >= 4 is 27.0 Å². The third-order valence-corrected chi connectivity index (χ3v) is 6.70. The van der Waals surface area contributed by atoms with E-state index in [1.807, 2.05) is 48.7 Å². The van der Waals surface area contributed by atoms with Gasteiger partial charge >= 0.3 is 0 Å². The van der Waals surface area contributed by atoms with Gasteiger partial charge in [-0.2, -0.15) is 4.98 Å². The first-order valence-electron chi connectivity index (χ1n) is 9.11. The SMILES string of the molecule is CCc1ccc(S(=O)(=O)Nc2ccccc2Cc2nc(-c3cccs3)no2)cc1. The highest BCUT2D eigenvalue weighted by Gasteiger charge is 2.17. The van der Waals surface area contributed by atoms with E-state index in [2.05, 4.69) is 14.9 Å². The Morgan fingerprint density at radius 2 is 1.83 bits per heavy atom. The fourth-order valence-electron chi connectivity index (χ4n) is 2.88. The average Bonchev–Trinajstić information content (AvgIpc) is 3.41. The van der Waals surface area contributed by atoms with E-state index in [1.165, 1.54) is 11.3 Å². The van der Waals surface area contributed by atoms with Gasteiger partial charge in [-0.1, -0.05) is 48.5 Å². The summed E-state index contributed by atoms with van der Waals surface area (Å²) in [6, 6.07) is 17.9. The largest absolute Gasteiger partial charge is 0.339 e. The number of hydrogen-bond acceptors (Lipinski definition) is 6. The molecule has 0 unspecified atom stereocenters. The molecule has 0 aliphatic rings. The number of aromatic nitrogens is 2. The van der Waals surface area contributed by atoms with E-state index >= 15 is 0 Å². The van der Waals surface area contributed by atoms with Crippen LogP contribution in [0.1, 0.15) is 23.9 Å². The van der Waals surface area contributed by atoms with Crippen molar-refractivity contribution in [3.05, 3.63) is 83.1 Å². The van der Waals surface area contributed by atoms with Gasteiger partial charge < -0.3 is 4.52 Å². The lowest BCUT2D eigenvalue weighted by atomic mass is 10.1. The van der Waals surface area contributed by atoms with Crippen molar-refractivity contribution in [2.75, 3.05) is 4.72 Å². The third-order valence-electron chi connectivity index (χ3n) is 4.45. The summed E-state index contributed by atoms with van der Waals surface area (Å²) in [5.41, 5.74) is 2.33. The predicted molar refractivity (Wildman–Crippen MR) is 113 cm³/mol. The molecule has 2 heterocycles. The number of hydrogen-bond donors (Lipinski definition) is 1. The summed E-state index contributed by atoms with van der Waals surface area (Å²) in [5.74, 6) is 0.955. The van der Waals surface area contributed by atoms with Gasteiger partial charge in [0.2, 0.25) is 11.7 Å². The Morgan fingerprint density at radius 3 is 2.55 bits per heavy atom. The summed E-state index contributed by atoms with van der Waals surface area (Å²) in [4.78, 5) is 5.56. The van der Waals surface area contributed by atoms with Crippen molar-refractivity contribution in [1.82, 2.24) is 10.1 Å². The van der Waals surface area contributed by atoms with Crippen molar-refractivity contribution in [2.45, 2.75) is 24.7 Å². The Morgan fingerprint density at radius 1 is 1.03 bits per heavy atom. The fraction of sp³-hybridized carbons (Fsp3) is 0.143. The zero-order valence-corrected chi connectivity index (χ0v) is 17.3. The molecule has 6 nitrogen and oxygen atoms in total. The molecule has 0 saturated heterocycles. The van der Waals surface area contributed by atoms with E-state index in [1.54, 1.807) is 24.3 Å². The number of benzene rings is 2. The zero-order chi connectivity index (χ0) is 20.3. The van der Waals surface area contributed by atoms with E-state index in [0.717, 1.165) is 22.4 Å². The normalized spacial score (nSPS) is 11.5. The first-order chi connectivity index (χ1) is 14.0. The summed E-state index contributed by atoms with van der Waals surface area (Å²) in [6.07, 6.45) is 1.18. The number of nitrogens with zero attached hydrogens (tertiary/aromatic N) is 2. The summed E-state index contributed by atoms with van der Waals surface area (Å²) >= 11 is 1.53. The maximum atomic E-state index is 12.8. The molecular weight excluding hydrogens is 406 g/mol. The molecule has 148 valence electrons. The van der Waals surface area contributed by atoms with E-state index in [4.69, 9.17) is 4.52 Å². The van der Waals surface area contributed by atoms with Crippen LogP contribution in [0.2, 0.25) is 0 Å². The third kappa shape index (κ3) is 4.38. The van der Waals surface area contributed by atoms with Crippen LogP contribution < -0.4 is 4.72 Å². The number of nitrogens with one attached hydrogen (secondary N) is 1. The van der Waals surface area contributed by atoms with Gasteiger partial charge in [0.05, 0.1) is 21.9 Å². The number of aryl methyl sites for hydroxylation is 1. The highest BCUT2D eigenvalue weighted by molar-refractivity contribution is 7.92. The number of sulfonamides is 1. The lowest BCUT2D eigenvalue weighted by Crippen LogP contribution is -2.14. The van der Waals surface area contributed by atoms with E-state index < -0.39 is 10.0 Å². The maximum Gasteiger partial charge on any atom is 0.261 e. The quantitative estimate of drug-likeness (QED) is 0.462. The molecule has 0 aliphatic heterocycles. The molecule has 4 aromatic rings. The highest BCUT2D eigenvalue weighted by atomic mass is 32.2. The van der Waals surface area contributed by atoms with E-state index in [0.29, 0.717) is 23.8 Å². The van der Waals surface area contributed by atoms with Crippen LogP contribution in [0.25, 0.3) is 10.7 Å². The van der Waals surface area contributed by atoms with Gasteiger partial charge in [-0.25, -0.2) is 8.42 Å². The monoisotopic (exact) mass is 425 g/mol. The molecule has 4 rings (SSSR count). The fourth-order valence-corrected chi connectivity index (χ4v) is 4.63. The molecule has 0 radical (unpaired) electrons. The zero-order valence-electron chi connectivity index (χ0n) is 15.7. The molecule has 0 bridgehead atoms. The van der Waals surface area contributed by atoms with E-state index in [9.17, 15) is 8.42 Å². The molecular formula is C21H19N3O3S2. The topological polar surface area (TPSA) is 85.1 Å². The molecule has 0 aliphatic carbocycles. The lowest BCUT2D eigenvalue weighted by molar-refractivity contribution is 0.386. The van der Waals surface area contributed by atoms with Crippen LogP contribution in [0.5, 0.6) is 0 Å². The average molecular weight is 426 g/mol. The van der Waals surface area contributed by atoms with Crippen LogP contribution in [0.4, 0.5) is 5.69 Å². The van der Waals surface area contributed by atoms with Crippen molar-refractivity contribution in [1.29, 1.82) is 0 Å². The summed E-state index contributed by atoms with van der Waals surface area (Å²) in [5, 5.41) is 5.96. The first kappa shape index (κ1) is 19.4. The van der Waals surface area contributed by atoms with Crippen LogP contribution in [-0.4, -0.2) is 18.6 Å². The smallest absolute Gasteiger partial charge is 0.261 e. The second-order valence-electron chi connectivity index (χ2n) is 6.43. The van der Waals surface area contributed by atoms with Crippen molar-refractivity contribution < 1.29 is 12.9 Å². The van der Waals surface area contributed by atoms with Crippen molar-refractivity contribution in [3.63, 3.8) is 0 Å². The first-order valence-corrected chi connectivity index (χ1v) is 11.5. The molecule has 2 aromatic heterocycles. The van der Waals surface area contributed by atoms with Gasteiger partial charge in [0.25, 0.3) is 10.0 Å². The number of thiophene rings is 1. The molecule has 8 heteroatoms. The maximum absolute atomic E-state index is 12.8. The molecule has 0 atom stereocenters. The van der Waals surface area contributed by atoms with Gasteiger partial charge in [0, 0.05) is 0 Å². The number of anilines is 1. The molecule has 2 aromatic carbocycles. The summed E-state index contributed by atoms with van der Waals surface area (Å²) in [6.45, 7) is 2.03. The van der Waals surface area contributed by atoms with Crippen LogP contribution in [0, 0.1) is 0 Å². The Balaban J connectivity index is 1.56. The van der Waals surface area contributed by atoms with Gasteiger partial charge in [0.1, 0.15) is 0 Å². The summed E-state index contributed by atoms with van der Waals surface area (Å²) < 4.78 is 33.6. The number of rotatable bonds is 7. The number of para-hydroxylation sites is 1. The second-order valence-corrected chi connectivity index (χ2v) is 9.06. The minimum atomic E-state index is -3.70. The molecule has 29 heavy (non-hydrogen) atoms. The van der Waals surface area contributed by atoms with Crippen LogP contribution in [-0.2, 0) is 22.9 Å². The van der Waals surface area contributed by atoms with Crippen molar-refractivity contribution in [3.8, 4) is 10.7 Å².